The largest absolute Gasteiger partial charge is 0.488 e. The number of rotatable bonds is 1. The molecule has 2 aliphatic heterocycles. The van der Waals surface area contributed by atoms with Crippen molar-refractivity contribution < 1.29 is 24.5 Å². The Hall–Kier alpha value is -0.910. The molecule has 5 unspecified atom stereocenters. The van der Waals surface area contributed by atoms with E-state index in [0.717, 1.165) is 12.8 Å². The third-order valence-corrected chi connectivity index (χ3v) is 6.22. The van der Waals surface area contributed by atoms with Crippen LogP contribution >= 0.6 is 0 Å². The lowest BCUT2D eigenvalue weighted by Gasteiger charge is -2.46. The van der Waals surface area contributed by atoms with Gasteiger partial charge in [0.1, 0.15) is 23.1 Å². The van der Waals surface area contributed by atoms with Gasteiger partial charge < -0.3 is 19.7 Å². The lowest BCUT2D eigenvalue weighted by molar-refractivity contribution is -0.131. The quantitative estimate of drug-likeness (QED) is 0.764. The molecule has 5 nitrogen and oxygen atoms in total. The maximum atomic E-state index is 12.6. The summed E-state index contributed by atoms with van der Waals surface area (Å²) in [6.45, 7) is 5.84. The Bertz CT molecular complexity index is 574. The number of aliphatic hydroxyl groups is 2. The maximum absolute atomic E-state index is 12.6. The van der Waals surface area contributed by atoms with Crippen molar-refractivity contribution in [1.82, 2.24) is 0 Å². The molecule has 22 heavy (non-hydrogen) atoms. The van der Waals surface area contributed by atoms with Gasteiger partial charge in [-0.3, -0.25) is 4.79 Å². The molecule has 2 fully saturated rings. The van der Waals surface area contributed by atoms with Crippen molar-refractivity contribution in [2.75, 3.05) is 6.61 Å². The fraction of sp³-hybridized carbons (Fsp3) is 0.824. The molecule has 5 atom stereocenters. The van der Waals surface area contributed by atoms with E-state index in [2.05, 4.69) is 0 Å². The minimum Gasteiger partial charge on any atom is -0.488 e. The number of hydrogen-bond acceptors (Lipinski definition) is 5. The molecule has 0 aromatic carbocycles. The normalized spacial score (nSPS) is 47.3. The summed E-state index contributed by atoms with van der Waals surface area (Å²) < 4.78 is 11.7. The molecule has 2 bridgehead atoms. The van der Waals surface area contributed by atoms with Crippen molar-refractivity contribution in [3.8, 4) is 0 Å². The molecule has 4 aliphatic rings. The monoisotopic (exact) mass is 308 g/mol. The summed E-state index contributed by atoms with van der Waals surface area (Å²) in [4.78, 5) is 12.6. The average molecular weight is 308 g/mol. The van der Waals surface area contributed by atoms with Crippen molar-refractivity contribution >= 4 is 5.78 Å². The highest BCUT2D eigenvalue weighted by Crippen LogP contribution is 2.57. The SMILES string of the molecule is CC(C)(O)C1CCC2(C)OC3=C(CC12)C(=O)C1CC3(O)CO1. The van der Waals surface area contributed by atoms with Crippen LogP contribution in [0.2, 0.25) is 0 Å². The summed E-state index contributed by atoms with van der Waals surface area (Å²) in [5, 5.41) is 21.3. The van der Waals surface area contributed by atoms with Crippen LogP contribution in [0, 0.1) is 11.8 Å². The van der Waals surface area contributed by atoms with E-state index in [1.165, 1.54) is 0 Å². The Labute approximate surface area is 130 Å². The van der Waals surface area contributed by atoms with E-state index in [9.17, 15) is 15.0 Å². The first-order chi connectivity index (χ1) is 10.1. The predicted octanol–water partition coefficient (Wildman–Crippen LogP) is 1.32. The summed E-state index contributed by atoms with van der Waals surface area (Å²) in [5.74, 6) is 0.591. The first kappa shape index (κ1) is 14.7. The molecule has 2 aliphatic carbocycles. The molecule has 0 spiro atoms. The fourth-order valence-corrected chi connectivity index (χ4v) is 4.96. The average Bonchev–Trinajstić information content (AvgIpc) is 2.94. The predicted molar refractivity (Wildman–Crippen MR) is 78.0 cm³/mol. The topological polar surface area (TPSA) is 76.0 Å². The van der Waals surface area contributed by atoms with E-state index in [-0.39, 0.29) is 24.2 Å². The smallest absolute Gasteiger partial charge is 0.191 e. The Morgan fingerprint density at radius 2 is 2.09 bits per heavy atom. The van der Waals surface area contributed by atoms with Gasteiger partial charge in [0, 0.05) is 17.9 Å². The van der Waals surface area contributed by atoms with Crippen molar-refractivity contribution in [1.29, 1.82) is 0 Å². The van der Waals surface area contributed by atoms with Gasteiger partial charge in [-0.1, -0.05) is 0 Å². The van der Waals surface area contributed by atoms with Gasteiger partial charge in [0.15, 0.2) is 5.78 Å². The molecular weight excluding hydrogens is 284 g/mol. The number of carbonyl (C=O) groups excluding carboxylic acids is 1. The first-order valence-electron chi connectivity index (χ1n) is 8.17. The van der Waals surface area contributed by atoms with Crippen LogP contribution in [0.15, 0.2) is 11.3 Å². The number of carbonyl (C=O) groups is 1. The lowest BCUT2D eigenvalue weighted by Crippen LogP contribution is -2.51. The van der Waals surface area contributed by atoms with Gasteiger partial charge in [-0.2, -0.15) is 0 Å². The second-order valence-corrected chi connectivity index (χ2v) is 8.23. The molecule has 0 amide bonds. The molecule has 4 rings (SSSR count). The van der Waals surface area contributed by atoms with Crippen LogP contribution in [0.3, 0.4) is 0 Å². The highest BCUT2D eigenvalue weighted by atomic mass is 16.6. The number of ketones is 1. The fourth-order valence-electron chi connectivity index (χ4n) is 4.96. The number of Topliss-reactive ketones (excluding diaryl/α,β-unsaturated/α-hetero) is 1. The van der Waals surface area contributed by atoms with E-state index >= 15 is 0 Å². The molecule has 1 saturated heterocycles. The Balaban J connectivity index is 1.76. The van der Waals surface area contributed by atoms with Gasteiger partial charge in [0.2, 0.25) is 0 Å². The highest BCUT2D eigenvalue weighted by Gasteiger charge is 2.61. The third-order valence-electron chi connectivity index (χ3n) is 6.22. The molecule has 5 heteroatoms. The van der Waals surface area contributed by atoms with E-state index in [0.29, 0.717) is 24.2 Å². The van der Waals surface area contributed by atoms with E-state index in [4.69, 9.17) is 9.47 Å². The van der Waals surface area contributed by atoms with Crippen molar-refractivity contribution in [2.24, 2.45) is 11.8 Å². The van der Waals surface area contributed by atoms with Crippen LogP contribution in [0.1, 0.15) is 46.5 Å². The van der Waals surface area contributed by atoms with Gasteiger partial charge in [-0.05, 0) is 46.0 Å². The van der Waals surface area contributed by atoms with Crippen LogP contribution in [0.25, 0.3) is 0 Å². The highest BCUT2D eigenvalue weighted by molar-refractivity contribution is 6.01. The van der Waals surface area contributed by atoms with Crippen LogP contribution < -0.4 is 0 Å². The molecule has 2 N–H and O–H groups in total. The molecule has 1 saturated carbocycles. The summed E-state index contributed by atoms with van der Waals surface area (Å²) in [6, 6.07) is 0. The molecule has 2 heterocycles. The summed E-state index contributed by atoms with van der Waals surface area (Å²) >= 11 is 0. The zero-order chi connectivity index (χ0) is 15.9. The van der Waals surface area contributed by atoms with E-state index < -0.39 is 22.9 Å². The van der Waals surface area contributed by atoms with Crippen LogP contribution in [0.4, 0.5) is 0 Å². The van der Waals surface area contributed by atoms with Crippen LogP contribution in [-0.4, -0.2) is 45.5 Å². The second-order valence-electron chi connectivity index (χ2n) is 8.23. The molecule has 0 radical (unpaired) electrons. The molecule has 122 valence electrons. The first-order valence-corrected chi connectivity index (χ1v) is 8.17. The lowest BCUT2D eigenvalue weighted by atomic mass is 9.70. The summed E-state index contributed by atoms with van der Waals surface area (Å²) in [7, 11) is 0. The van der Waals surface area contributed by atoms with Crippen molar-refractivity contribution in [3.63, 3.8) is 0 Å². The standard InChI is InChI=1S/C17H24O5/c1-15(2,19)10-4-5-16(3)11(10)6-9-13(18)12-7-17(20,8-21-12)14(9)22-16/h10-12,19-20H,4-8H2,1-3H3. The van der Waals surface area contributed by atoms with Crippen LogP contribution in [-0.2, 0) is 14.3 Å². The number of ether oxygens (including phenoxy) is 2. The Morgan fingerprint density at radius 3 is 2.77 bits per heavy atom. The third kappa shape index (κ3) is 1.79. The molecular formula is C17H24O5. The summed E-state index contributed by atoms with van der Waals surface area (Å²) in [6.07, 6.45) is 2.05. The zero-order valence-electron chi connectivity index (χ0n) is 13.4. The minimum absolute atomic E-state index is 0.0411. The molecule has 0 aromatic heterocycles. The summed E-state index contributed by atoms with van der Waals surface area (Å²) in [5.41, 5.74) is -1.77. The number of fused-ring (bicyclic) bond motifs is 4. The van der Waals surface area contributed by atoms with Gasteiger partial charge in [0.25, 0.3) is 0 Å². The van der Waals surface area contributed by atoms with Crippen molar-refractivity contribution in [2.45, 2.75) is 69.4 Å². The van der Waals surface area contributed by atoms with Gasteiger partial charge in [-0.15, -0.1) is 0 Å². The minimum atomic E-state index is -1.14. The Morgan fingerprint density at radius 1 is 1.36 bits per heavy atom. The van der Waals surface area contributed by atoms with E-state index in [1.807, 2.05) is 20.8 Å². The van der Waals surface area contributed by atoms with Gasteiger partial charge in [-0.25, -0.2) is 0 Å². The maximum Gasteiger partial charge on any atom is 0.191 e. The van der Waals surface area contributed by atoms with Gasteiger partial charge in [0.05, 0.1) is 12.2 Å². The van der Waals surface area contributed by atoms with E-state index in [1.54, 1.807) is 0 Å². The number of hydrogen-bond donors (Lipinski definition) is 2. The van der Waals surface area contributed by atoms with Crippen LogP contribution in [0.5, 0.6) is 0 Å². The van der Waals surface area contributed by atoms with Crippen molar-refractivity contribution in [3.05, 3.63) is 11.3 Å². The second kappa shape index (κ2) is 4.13. The Kier molecular flexibility index (Phi) is 2.76. The molecule has 0 aromatic rings. The van der Waals surface area contributed by atoms with Gasteiger partial charge >= 0.3 is 0 Å². The zero-order valence-corrected chi connectivity index (χ0v) is 13.4.